The lowest BCUT2D eigenvalue weighted by Gasteiger charge is -2.39. The quantitative estimate of drug-likeness (QED) is 0.858. The molecule has 5 nitrogen and oxygen atoms in total. The summed E-state index contributed by atoms with van der Waals surface area (Å²) in [6.07, 6.45) is 0.568. The second-order valence-electron chi connectivity index (χ2n) is 6.49. The number of sulfonamides is 1. The Kier molecular flexibility index (Phi) is 5.06. The molecule has 1 amide bonds. The smallest absolute Gasteiger partial charge is 0.266 e. The summed E-state index contributed by atoms with van der Waals surface area (Å²) in [4.78, 5) is 13.4. The van der Waals surface area contributed by atoms with Gasteiger partial charge in [0.25, 0.3) is 12.3 Å². The zero-order valence-electron chi connectivity index (χ0n) is 13.4. The van der Waals surface area contributed by atoms with Gasteiger partial charge >= 0.3 is 0 Å². The van der Waals surface area contributed by atoms with Crippen molar-refractivity contribution in [1.82, 2.24) is 9.62 Å². The molecule has 0 atom stereocenters. The number of amides is 1. The fourth-order valence-electron chi connectivity index (χ4n) is 3.23. The first-order valence-corrected chi connectivity index (χ1v) is 9.71. The van der Waals surface area contributed by atoms with Crippen LogP contribution in [0.2, 0.25) is 0 Å². The van der Waals surface area contributed by atoms with E-state index in [9.17, 15) is 26.4 Å². The maximum Gasteiger partial charge on any atom is 0.266 e. The summed E-state index contributed by atoms with van der Waals surface area (Å²) in [7, 11) is -3.54. The number of carbonyl (C=O) groups excluding carboxylic acids is 1. The SMILES string of the molecule is O=C(c1cccc(C(F)F)c1F)N1CC(S(=O)(=O)NC2CCCC2)C1. The molecule has 0 aromatic heterocycles. The molecule has 3 rings (SSSR count). The fraction of sp³-hybridized carbons (Fsp3) is 0.562. The summed E-state index contributed by atoms with van der Waals surface area (Å²) < 4.78 is 66.7. The van der Waals surface area contributed by atoms with Crippen LogP contribution in [0.4, 0.5) is 13.2 Å². The molecular formula is C16H19F3N2O3S. The lowest BCUT2D eigenvalue weighted by molar-refractivity contribution is 0.0651. The van der Waals surface area contributed by atoms with E-state index in [0.717, 1.165) is 42.7 Å². The van der Waals surface area contributed by atoms with Crippen molar-refractivity contribution >= 4 is 15.9 Å². The zero-order valence-corrected chi connectivity index (χ0v) is 14.2. The van der Waals surface area contributed by atoms with Crippen LogP contribution in [0.5, 0.6) is 0 Å². The Morgan fingerprint density at radius 1 is 1.20 bits per heavy atom. The molecule has 9 heteroatoms. The molecule has 1 aromatic carbocycles. The molecule has 0 radical (unpaired) electrons. The monoisotopic (exact) mass is 376 g/mol. The van der Waals surface area contributed by atoms with Gasteiger partial charge in [-0.3, -0.25) is 4.79 Å². The van der Waals surface area contributed by atoms with Crippen molar-refractivity contribution in [3.05, 3.63) is 35.1 Å². The van der Waals surface area contributed by atoms with Gasteiger partial charge in [0.15, 0.2) is 0 Å². The highest BCUT2D eigenvalue weighted by molar-refractivity contribution is 7.90. The highest BCUT2D eigenvalue weighted by Crippen LogP contribution is 2.27. The van der Waals surface area contributed by atoms with Crippen molar-refractivity contribution < 1.29 is 26.4 Å². The maximum absolute atomic E-state index is 14.0. The van der Waals surface area contributed by atoms with E-state index in [1.54, 1.807) is 0 Å². The Labute approximate surface area is 144 Å². The van der Waals surface area contributed by atoms with E-state index in [1.165, 1.54) is 6.07 Å². The maximum atomic E-state index is 14.0. The predicted molar refractivity (Wildman–Crippen MR) is 85.4 cm³/mol. The van der Waals surface area contributed by atoms with E-state index in [1.807, 2.05) is 0 Å². The molecule has 0 unspecified atom stereocenters. The second-order valence-corrected chi connectivity index (χ2v) is 8.48. The normalized spacial score (nSPS) is 19.4. The Hall–Kier alpha value is -1.61. The number of rotatable bonds is 5. The van der Waals surface area contributed by atoms with Crippen LogP contribution in [0.25, 0.3) is 0 Å². The number of alkyl halides is 2. The topological polar surface area (TPSA) is 66.5 Å². The summed E-state index contributed by atoms with van der Waals surface area (Å²) in [5.74, 6) is -2.02. The van der Waals surface area contributed by atoms with Crippen LogP contribution in [0.15, 0.2) is 18.2 Å². The summed E-state index contributed by atoms with van der Waals surface area (Å²) in [5.41, 5.74) is -1.30. The predicted octanol–water partition coefficient (Wildman–Crippen LogP) is 2.45. The Morgan fingerprint density at radius 3 is 2.44 bits per heavy atom. The summed E-state index contributed by atoms with van der Waals surface area (Å²) in [6, 6.07) is 3.18. The summed E-state index contributed by atoms with van der Waals surface area (Å²) in [6.45, 7) is -0.140. The summed E-state index contributed by atoms with van der Waals surface area (Å²) >= 11 is 0. The van der Waals surface area contributed by atoms with Crippen LogP contribution in [-0.4, -0.2) is 43.6 Å². The lowest BCUT2D eigenvalue weighted by Crippen LogP contribution is -2.60. The van der Waals surface area contributed by atoms with E-state index in [2.05, 4.69) is 4.72 Å². The van der Waals surface area contributed by atoms with Gasteiger partial charge in [0.05, 0.1) is 11.1 Å². The van der Waals surface area contributed by atoms with Crippen LogP contribution in [-0.2, 0) is 10.0 Å². The van der Waals surface area contributed by atoms with Crippen molar-refractivity contribution in [2.45, 2.75) is 43.4 Å². The molecule has 1 saturated carbocycles. The third-order valence-corrected chi connectivity index (χ3v) is 6.59. The molecule has 1 saturated heterocycles. The van der Waals surface area contributed by atoms with Gasteiger partial charge in [0, 0.05) is 19.1 Å². The molecule has 1 aliphatic carbocycles. The van der Waals surface area contributed by atoms with Crippen molar-refractivity contribution in [3.8, 4) is 0 Å². The average Bonchev–Trinajstić information content (AvgIpc) is 2.97. The van der Waals surface area contributed by atoms with Gasteiger partial charge in [-0.2, -0.15) is 0 Å². The molecule has 1 N–H and O–H groups in total. The Morgan fingerprint density at radius 2 is 1.84 bits per heavy atom. The molecule has 0 spiro atoms. The molecule has 25 heavy (non-hydrogen) atoms. The Balaban J connectivity index is 1.64. The molecule has 1 aliphatic heterocycles. The number of hydrogen-bond acceptors (Lipinski definition) is 3. The van der Waals surface area contributed by atoms with Crippen LogP contribution >= 0.6 is 0 Å². The first-order valence-electron chi connectivity index (χ1n) is 8.16. The third kappa shape index (κ3) is 3.67. The van der Waals surface area contributed by atoms with Crippen molar-refractivity contribution in [2.24, 2.45) is 0 Å². The van der Waals surface area contributed by atoms with E-state index in [0.29, 0.717) is 0 Å². The average molecular weight is 376 g/mol. The van der Waals surface area contributed by atoms with Crippen LogP contribution in [0.1, 0.15) is 48.0 Å². The number of nitrogens with zero attached hydrogens (tertiary/aromatic N) is 1. The van der Waals surface area contributed by atoms with Gasteiger partial charge in [0.1, 0.15) is 11.1 Å². The van der Waals surface area contributed by atoms with Crippen molar-refractivity contribution in [3.63, 3.8) is 0 Å². The Bertz CT molecular complexity index is 758. The number of halogens is 3. The second kappa shape index (κ2) is 6.95. The first-order chi connectivity index (χ1) is 11.8. The lowest BCUT2D eigenvalue weighted by atomic mass is 10.1. The minimum atomic E-state index is -3.54. The number of likely N-dealkylation sites (tertiary alicyclic amines) is 1. The number of nitrogens with one attached hydrogen (secondary N) is 1. The first kappa shape index (κ1) is 18.2. The van der Waals surface area contributed by atoms with Gasteiger partial charge in [0.2, 0.25) is 10.0 Å². The van der Waals surface area contributed by atoms with Crippen LogP contribution < -0.4 is 4.72 Å². The standard InChI is InChI=1S/C16H19F3N2O3S/c17-14-12(15(18)19)6-3-7-13(14)16(22)21-8-11(9-21)25(23,24)20-10-4-1-2-5-10/h3,6-7,10-11,15,20H,1-2,4-5,8-9H2. The van der Waals surface area contributed by atoms with Gasteiger partial charge in [-0.05, 0) is 18.9 Å². The van der Waals surface area contributed by atoms with Crippen molar-refractivity contribution in [2.75, 3.05) is 13.1 Å². The van der Waals surface area contributed by atoms with Gasteiger partial charge in [-0.25, -0.2) is 26.3 Å². The van der Waals surface area contributed by atoms with E-state index in [-0.39, 0.29) is 19.1 Å². The van der Waals surface area contributed by atoms with Gasteiger partial charge in [-0.15, -0.1) is 0 Å². The number of hydrogen-bond donors (Lipinski definition) is 1. The zero-order chi connectivity index (χ0) is 18.2. The molecule has 138 valence electrons. The molecule has 2 aliphatic rings. The summed E-state index contributed by atoms with van der Waals surface area (Å²) in [5, 5.41) is -0.751. The minimum Gasteiger partial charge on any atom is -0.336 e. The molecule has 0 bridgehead atoms. The van der Waals surface area contributed by atoms with E-state index >= 15 is 0 Å². The van der Waals surface area contributed by atoms with Gasteiger partial charge < -0.3 is 4.90 Å². The molecule has 1 heterocycles. The van der Waals surface area contributed by atoms with Gasteiger partial charge in [-0.1, -0.05) is 25.0 Å². The number of benzene rings is 1. The largest absolute Gasteiger partial charge is 0.336 e. The van der Waals surface area contributed by atoms with E-state index in [4.69, 9.17) is 0 Å². The molecular weight excluding hydrogens is 357 g/mol. The van der Waals surface area contributed by atoms with Crippen molar-refractivity contribution in [1.29, 1.82) is 0 Å². The molecule has 2 fully saturated rings. The fourth-order valence-corrected chi connectivity index (χ4v) is 4.87. The minimum absolute atomic E-state index is 0.0603. The van der Waals surface area contributed by atoms with Crippen LogP contribution in [0.3, 0.4) is 0 Å². The molecule has 1 aromatic rings. The van der Waals surface area contributed by atoms with Crippen LogP contribution in [0, 0.1) is 5.82 Å². The third-order valence-electron chi connectivity index (χ3n) is 4.75. The number of carbonyl (C=O) groups is 1. The highest BCUT2D eigenvalue weighted by Gasteiger charge is 2.41. The van der Waals surface area contributed by atoms with E-state index < -0.39 is 44.5 Å². The highest BCUT2D eigenvalue weighted by atomic mass is 32.2.